The van der Waals surface area contributed by atoms with Crippen LogP contribution < -0.4 is 5.32 Å². The molecule has 0 bridgehead atoms. The Morgan fingerprint density at radius 2 is 1.93 bits per heavy atom. The summed E-state index contributed by atoms with van der Waals surface area (Å²) in [7, 11) is 0. The summed E-state index contributed by atoms with van der Waals surface area (Å²) in [6, 6.07) is 4.12. The van der Waals surface area contributed by atoms with Crippen molar-refractivity contribution >= 4 is 5.91 Å². The summed E-state index contributed by atoms with van der Waals surface area (Å²) in [5, 5.41) is 7.18. The van der Waals surface area contributed by atoms with Crippen molar-refractivity contribution in [2.24, 2.45) is 0 Å². The minimum atomic E-state index is -0.0337. The first-order valence-electron chi connectivity index (χ1n) is 9.78. The first-order valence-corrected chi connectivity index (χ1v) is 9.78. The van der Waals surface area contributed by atoms with Crippen molar-refractivity contribution < 1.29 is 9.32 Å². The van der Waals surface area contributed by atoms with Crippen molar-refractivity contribution in [3.63, 3.8) is 0 Å². The maximum absolute atomic E-state index is 12.8. The number of aryl methyl sites for hydroxylation is 2. The molecule has 1 fully saturated rings. The summed E-state index contributed by atoms with van der Waals surface area (Å²) in [5.41, 5.74) is 2.54. The molecule has 7 heteroatoms. The van der Waals surface area contributed by atoms with Gasteiger partial charge in [0.1, 0.15) is 5.76 Å². The van der Waals surface area contributed by atoms with Crippen molar-refractivity contribution in [3.8, 4) is 5.82 Å². The fourth-order valence-electron chi connectivity index (χ4n) is 3.79. The normalized spacial score (nSPS) is 17.2. The van der Waals surface area contributed by atoms with E-state index in [1.165, 1.54) is 0 Å². The lowest BCUT2D eigenvalue weighted by Gasteiger charge is -2.37. The van der Waals surface area contributed by atoms with Crippen LogP contribution in [0.5, 0.6) is 0 Å². The van der Waals surface area contributed by atoms with Gasteiger partial charge >= 0.3 is 0 Å². The number of rotatable bonds is 6. The Balaban J connectivity index is 1.62. The Kier molecular flexibility index (Phi) is 6.01. The van der Waals surface area contributed by atoms with Crippen molar-refractivity contribution in [2.45, 2.75) is 40.7 Å². The van der Waals surface area contributed by atoms with Crippen LogP contribution in [0.3, 0.4) is 0 Å². The van der Waals surface area contributed by atoms with E-state index in [4.69, 9.17) is 4.52 Å². The molecule has 7 nitrogen and oxygen atoms in total. The highest BCUT2D eigenvalue weighted by molar-refractivity contribution is 5.95. The molecule has 1 unspecified atom stereocenters. The molecule has 27 heavy (non-hydrogen) atoms. The molecule has 1 aliphatic heterocycles. The van der Waals surface area contributed by atoms with Gasteiger partial charge in [-0.05, 0) is 40.3 Å². The summed E-state index contributed by atoms with van der Waals surface area (Å²) in [6.45, 7) is 16.3. The van der Waals surface area contributed by atoms with Gasteiger partial charge in [-0.3, -0.25) is 14.3 Å². The number of hydrogen-bond donors (Lipinski definition) is 1. The van der Waals surface area contributed by atoms with Gasteiger partial charge in [0, 0.05) is 56.2 Å². The average Bonchev–Trinajstić information content (AvgIpc) is 3.21. The molecule has 2 aromatic heterocycles. The average molecular weight is 374 g/mol. The molecule has 1 aliphatic rings. The zero-order chi connectivity index (χ0) is 19.6. The quantitative estimate of drug-likeness (QED) is 0.840. The predicted octanol–water partition coefficient (Wildman–Crippen LogP) is 2.15. The number of carbonyl (C=O) groups excluding carboxylic acids is 1. The molecule has 1 atom stereocenters. The number of nitrogens with zero attached hydrogens (tertiary/aromatic N) is 4. The van der Waals surface area contributed by atoms with Gasteiger partial charge in [0.15, 0.2) is 5.82 Å². The van der Waals surface area contributed by atoms with Crippen molar-refractivity contribution in [1.82, 2.24) is 24.8 Å². The number of amides is 1. The summed E-state index contributed by atoms with van der Waals surface area (Å²) >= 11 is 0. The minimum Gasteiger partial charge on any atom is -0.360 e. The van der Waals surface area contributed by atoms with Crippen LogP contribution in [-0.2, 0) is 0 Å². The third-order valence-electron chi connectivity index (χ3n) is 5.56. The smallest absolute Gasteiger partial charge is 0.253 e. The number of hydrogen-bond acceptors (Lipinski definition) is 5. The van der Waals surface area contributed by atoms with Gasteiger partial charge in [0.25, 0.3) is 5.91 Å². The lowest BCUT2D eigenvalue weighted by molar-refractivity contribution is 0.0882. The zero-order valence-corrected chi connectivity index (χ0v) is 17.1. The van der Waals surface area contributed by atoms with E-state index in [9.17, 15) is 4.79 Å². The molecular weight excluding hydrogens is 342 g/mol. The number of carbonyl (C=O) groups is 1. The second-order valence-electron chi connectivity index (χ2n) is 7.45. The SMILES string of the molecule is CCN1CCN(C(C)CNC(=O)c2cc(C)n(-c3cc(C)on3)c2C)CC1. The standard InChI is InChI=1S/C20H31N5O2/c1-6-23-7-9-24(10-8-23)15(3)13-21-20(26)18-11-14(2)25(17(18)5)19-12-16(4)27-22-19/h11-12,15H,6-10,13H2,1-5H3,(H,21,26). The van der Waals surface area contributed by atoms with Crippen LogP contribution in [0.15, 0.2) is 16.7 Å². The molecule has 0 saturated carbocycles. The van der Waals surface area contributed by atoms with Gasteiger partial charge in [0.2, 0.25) is 0 Å². The summed E-state index contributed by atoms with van der Waals surface area (Å²) in [6.07, 6.45) is 0. The molecular formula is C20H31N5O2. The highest BCUT2D eigenvalue weighted by Crippen LogP contribution is 2.20. The van der Waals surface area contributed by atoms with E-state index in [0.29, 0.717) is 24.0 Å². The number of aromatic nitrogens is 2. The maximum atomic E-state index is 12.8. The Labute approximate surface area is 161 Å². The molecule has 148 valence electrons. The van der Waals surface area contributed by atoms with Crippen LogP contribution >= 0.6 is 0 Å². The van der Waals surface area contributed by atoms with E-state index >= 15 is 0 Å². The predicted molar refractivity (Wildman–Crippen MR) is 106 cm³/mol. The van der Waals surface area contributed by atoms with Crippen molar-refractivity contribution in [3.05, 3.63) is 34.8 Å². The lowest BCUT2D eigenvalue weighted by Crippen LogP contribution is -2.52. The van der Waals surface area contributed by atoms with Gasteiger partial charge in [-0.15, -0.1) is 0 Å². The molecule has 2 aromatic rings. The van der Waals surface area contributed by atoms with Crippen LogP contribution in [-0.4, -0.2) is 70.7 Å². The molecule has 3 rings (SSSR count). The summed E-state index contributed by atoms with van der Waals surface area (Å²) < 4.78 is 7.14. The van der Waals surface area contributed by atoms with Crippen LogP contribution in [0.1, 0.15) is 41.4 Å². The van der Waals surface area contributed by atoms with Crippen LogP contribution in [0.2, 0.25) is 0 Å². The Morgan fingerprint density at radius 1 is 1.22 bits per heavy atom. The fourth-order valence-corrected chi connectivity index (χ4v) is 3.79. The van der Waals surface area contributed by atoms with Crippen molar-refractivity contribution in [2.75, 3.05) is 39.3 Å². The van der Waals surface area contributed by atoms with Crippen molar-refractivity contribution in [1.29, 1.82) is 0 Å². The number of nitrogens with one attached hydrogen (secondary N) is 1. The van der Waals surface area contributed by atoms with E-state index in [1.54, 1.807) is 0 Å². The van der Waals surface area contributed by atoms with E-state index < -0.39 is 0 Å². The lowest BCUT2D eigenvalue weighted by atomic mass is 10.2. The van der Waals surface area contributed by atoms with E-state index in [1.807, 2.05) is 37.5 Å². The van der Waals surface area contributed by atoms with Crippen LogP contribution in [0, 0.1) is 20.8 Å². The van der Waals surface area contributed by atoms with Gasteiger partial charge in [-0.2, -0.15) is 0 Å². The van der Waals surface area contributed by atoms with Gasteiger partial charge in [-0.1, -0.05) is 12.1 Å². The second-order valence-corrected chi connectivity index (χ2v) is 7.45. The van der Waals surface area contributed by atoms with Gasteiger partial charge in [0.05, 0.1) is 5.56 Å². The monoisotopic (exact) mass is 373 g/mol. The zero-order valence-electron chi connectivity index (χ0n) is 17.1. The highest BCUT2D eigenvalue weighted by Gasteiger charge is 2.22. The minimum absolute atomic E-state index is 0.0337. The van der Waals surface area contributed by atoms with E-state index in [0.717, 1.165) is 49.9 Å². The van der Waals surface area contributed by atoms with Gasteiger partial charge < -0.3 is 14.7 Å². The molecule has 0 radical (unpaired) electrons. The Morgan fingerprint density at radius 3 is 2.52 bits per heavy atom. The van der Waals surface area contributed by atoms with E-state index in [-0.39, 0.29) is 5.91 Å². The van der Waals surface area contributed by atoms with Crippen LogP contribution in [0.25, 0.3) is 5.82 Å². The largest absolute Gasteiger partial charge is 0.360 e. The molecule has 0 spiro atoms. The first kappa shape index (κ1) is 19.6. The number of piperazine rings is 1. The molecule has 1 amide bonds. The van der Waals surface area contributed by atoms with Crippen LogP contribution in [0.4, 0.5) is 0 Å². The topological polar surface area (TPSA) is 66.5 Å². The highest BCUT2D eigenvalue weighted by atomic mass is 16.5. The Bertz CT molecular complexity index is 786. The molecule has 0 aliphatic carbocycles. The first-order chi connectivity index (χ1) is 12.9. The second kappa shape index (κ2) is 8.27. The third-order valence-corrected chi connectivity index (χ3v) is 5.56. The third kappa shape index (κ3) is 4.25. The maximum Gasteiger partial charge on any atom is 0.253 e. The molecule has 3 heterocycles. The molecule has 0 aromatic carbocycles. The summed E-state index contributed by atoms with van der Waals surface area (Å²) in [4.78, 5) is 17.7. The van der Waals surface area contributed by atoms with Gasteiger partial charge in [-0.25, -0.2) is 0 Å². The number of likely N-dealkylation sites (N-methyl/N-ethyl adjacent to an activating group) is 1. The molecule has 1 N–H and O–H groups in total. The van der Waals surface area contributed by atoms with E-state index in [2.05, 4.69) is 34.1 Å². The summed E-state index contributed by atoms with van der Waals surface area (Å²) in [5.74, 6) is 1.43. The fraction of sp³-hybridized carbons (Fsp3) is 0.600. The Hall–Kier alpha value is -2.12. The molecule has 1 saturated heterocycles.